The van der Waals surface area contributed by atoms with E-state index < -0.39 is 34.5 Å². The van der Waals surface area contributed by atoms with Crippen molar-refractivity contribution in [3.8, 4) is 0 Å². The van der Waals surface area contributed by atoms with Crippen LogP contribution in [0.25, 0.3) is 0 Å². The maximum atomic E-state index is 12.7. The minimum absolute atomic E-state index is 0.123. The second-order valence-electron chi connectivity index (χ2n) is 6.02. The number of esters is 1. The third-order valence-corrected chi connectivity index (χ3v) is 5.30. The van der Waals surface area contributed by atoms with Crippen LogP contribution in [0.5, 0.6) is 0 Å². The van der Waals surface area contributed by atoms with Gasteiger partial charge in [0.1, 0.15) is 0 Å². The van der Waals surface area contributed by atoms with Gasteiger partial charge in [0, 0.05) is 6.54 Å². The zero-order valence-corrected chi connectivity index (χ0v) is 15.2. The summed E-state index contributed by atoms with van der Waals surface area (Å²) < 4.78 is 67.6. The normalized spacial score (nSPS) is 18.8. The summed E-state index contributed by atoms with van der Waals surface area (Å²) in [5.74, 6) is -2.82. The summed E-state index contributed by atoms with van der Waals surface area (Å²) in [4.78, 5) is 24.1. The summed E-state index contributed by atoms with van der Waals surface area (Å²) in [5.41, 5.74) is 0.492. The van der Waals surface area contributed by atoms with E-state index in [9.17, 15) is 31.2 Å². The van der Waals surface area contributed by atoms with Gasteiger partial charge in [-0.15, -0.1) is 0 Å². The largest absolute Gasteiger partial charge is 0.491 e. The zero-order valence-electron chi connectivity index (χ0n) is 14.4. The molecule has 1 saturated heterocycles. The minimum atomic E-state index is -5.44. The fraction of sp³-hybridized carbons (Fsp3) is 0.615. The van der Waals surface area contributed by atoms with Crippen molar-refractivity contribution in [2.45, 2.75) is 32.0 Å². The Labute approximate surface area is 152 Å². The quantitative estimate of drug-likeness (QED) is 0.549. The van der Waals surface area contributed by atoms with Crippen molar-refractivity contribution in [3.05, 3.63) is 11.9 Å². The summed E-state index contributed by atoms with van der Waals surface area (Å²) in [6.45, 7) is 2.61. The molecule has 1 atom stereocenters. The fourth-order valence-corrected chi connectivity index (χ4v) is 4.10. The first kappa shape index (κ1) is 21.0. The first-order chi connectivity index (χ1) is 12.4. The Bertz CT molecular complexity index is 810. The highest BCUT2D eigenvalue weighted by Gasteiger charge is 2.43. The Balaban J connectivity index is 2.27. The molecule has 1 amide bonds. The van der Waals surface area contributed by atoms with Crippen molar-refractivity contribution >= 4 is 28.0 Å². The van der Waals surface area contributed by atoms with Crippen LogP contribution in [0.4, 0.5) is 23.7 Å². The van der Waals surface area contributed by atoms with E-state index in [1.54, 1.807) is 14.0 Å². The average Bonchev–Trinajstić information content (AvgIpc) is 2.91. The highest BCUT2D eigenvalue weighted by atomic mass is 32.2. The third-order valence-electron chi connectivity index (χ3n) is 3.86. The van der Waals surface area contributed by atoms with Gasteiger partial charge in [0.2, 0.25) is 0 Å². The number of aromatic amines is 1. The highest BCUT2D eigenvalue weighted by molar-refractivity contribution is 7.91. The van der Waals surface area contributed by atoms with Crippen LogP contribution in [0.3, 0.4) is 0 Å². The Kier molecular flexibility index (Phi) is 5.99. The number of carbonyl (C=O) groups excluding carboxylic acids is 2. The number of rotatable bonds is 4. The van der Waals surface area contributed by atoms with Crippen LogP contribution < -0.4 is 9.03 Å². The van der Waals surface area contributed by atoms with Gasteiger partial charge in [-0.25, -0.2) is 18.6 Å². The lowest BCUT2D eigenvalue weighted by molar-refractivity contribution is -0.192. The first-order valence-electron chi connectivity index (χ1n) is 7.75. The maximum Gasteiger partial charge on any atom is 0.491 e. The molecule has 0 aliphatic carbocycles. The van der Waals surface area contributed by atoms with Gasteiger partial charge in [0.25, 0.3) is 0 Å². The van der Waals surface area contributed by atoms with Crippen molar-refractivity contribution < 1.29 is 35.9 Å². The summed E-state index contributed by atoms with van der Waals surface area (Å²) in [5, 5.41) is 6.30. The van der Waals surface area contributed by atoms with Gasteiger partial charge in [-0.05, 0) is 33.4 Å². The molecule has 1 aromatic heterocycles. The van der Waals surface area contributed by atoms with Crippen molar-refractivity contribution in [1.82, 2.24) is 19.8 Å². The van der Waals surface area contributed by atoms with Crippen LogP contribution >= 0.6 is 0 Å². The van der Waals surface area contributed by atoms with Crippen LogP contribution in [0, 0.1) is 6.92 Å². The van der Waals surface area contributed by atoms with Crippen molar-refractivity contribution in [1.29, 1.82) is 0 Å². The summed E-state index contributed by atoms with van der Waals surface area (Å²) in [6.07, 6.45) is -5.15. The summed E-state index contributed by atoms with van der Waals surface area (Å²) in [7, 11) is -2.90. The molecule has 2 heterocycles. The van der Waals surface area contributed by atoms with Crippen LogP contribution in [0.1, 0.15) is 18.5 Å². The topological polar surface area (TPSA) is 125 Å². The second kappa shape index (κ2) is 7.72. The standard InChI is InChI=1S/C13H18F3N5O5S/c1-8-10(6-17-18-8)21(9-4-3-5-20(2)7-9)27(24,25)19-12(23)26-11(22)13(14,15)16/h6,9H,3-5,7H2,1-2H3,(H,17,18)(H,19,23). The number of piperidine rings is 1. The lowest BCUT2D eigenvalue weighted by Gasteiger charge is -2.37. The lowest BCUT2D eigenvalue weighted by atomic mass is 10.1. The Morgan fingerprint density at radius 3 is 2.63 bits per heavy atom. The molecule has 0 bridgehead atoms. The SMILES string of the molecule is Cc1[nH]ncc1N(C1CCCN(C)C1)S(=O)(=O)NC(=O)OC(=O)C(F)(F)F. The molecular formula is C13H18F3N5O5S. The maximum absolute atomic E-state index is 12.7. The number of amides is 1. The average molecular weight is 413 g/mol. The monoisotopic (exact) mass is 413 g/mol. The van der Waals surface area contributed by atoms with E-state index in [4.69, 9.17) is 0 Å². The highest BCUT2D eigenvalue weighted by Crippen LogP contribution is 2.27. The number of carbonyl (C=O) groups is 2. The summed E-state index contributed by atoms with van der Waals surface area (Å²) in [6, 6.07) is -0.608. The number of anilines is 1. The van der Waals surface area contributed by atoms with E-state index in [-0.39, 0.29) is 5.69 Å². The molecule has 0 spiro atoms. The van der Waals surface area contributed by atoms with Crippen molar-refractivity contribution in [2.75, 3.05) is 24.4 Å². The minimum Gasteiger partial charge on any atom is -0.369 e. The molecule has 1 aliphatic heterocycles. The molecule has 1 fully saturated rings. The number of hydrogen-bond donors (Lipinski definition) is 2. The number of likely N-dealkylation sites (tertiary alicyclic amines) is 1. The van der Waals surface area contributed by atoms with E-state index >= 15 is 0 Å². The van der Waals surface area contributed by atoms with Gasteiger partial charge in [0.15, 0.2) is 0 Å². The molecule has 0 radical (unpaired) electrons. The lowest BCUT2D eigenvalue weighted by Crippen LogP contribution is -2.54. The van der Waals surface area contributed by atoms with E-state index in [2.05, 4.69) is 14.9 Å². The first-order valence-corrected chi connectivity index (χ1v) is 9.19. The molecule has 1 aliphatic rings. The van der Waals surface area contributed by atoms with Gasteiger partial charge in [-0.2, -0.15) is 26.7 Å². The molecule has 0 saturated carbocycles. The number of aromatic nitrogens is 2. The Hall–Kier alpha value is -2.35. The smallest absolute Gasteiger partial charge is 0.369 e. The number of H-pyrrole nitrogens is 1. The third kappa shape index (κ3) is 5.09. The van der Waals surface area contributed by atoms with Crippen LogP contribution in [0.2, 0.25) is 0 Å². The molecule has 2 N–H and O–H groups in total. The number of hydrogen-bond acceptors (Lipinski definition) is 7. The molecule has 152 valence electrons. The molecule has 1 aromatic rings. The van der Waals surface area contributed by atoms with Gasteiger partial charge in [-0.3, -0.25) is 5.10 Å². The molecule has 10 nitrogen and oxygen atoms in total. The number of aryl methyl sites for hydroxylation is 1. The van der Waals surface area contributed by atoms with E-state index in [1.165, 1.54) is 10.9 Å². The van der Waals surface area contributed by atoms with Crippen molar-refractivity contribution in [2.24, 2.45) is 0 Å². The molecule has 0 aromatic carbocycles. The molecule has 2 rings (SSSR count). The fourth-order valence-electron chi connectivity index (χ4n) is 2.74. The molecular weight excluding hydrogens is 395 g/mol. The number of ether oxygens (including phenoxy) is 1. The Morgan fingerprint density at radius 1 is 1.44 bits per heavy atom. The van der Waals surface area contributed by atoms with E-state index in [1.807, 2.05) is 4.90 Å². The van der Waals surface area contributed by atoms with Gasteiger partial charge in [-0.1, -0.05) is 0 Å². The van der Waals surface area contributed by atoms with E-state index in [0.717, 1.165) is 10.8 Å². The van der Waals surface area contributed by atoms with Gasteiger partial charge >= 0.3 is 28.4 Å². The number of likely N-dealkylation sites (N-methyl/N-ethyl adjacent to an activating group) is 1. The summed E-state index contributed by atoms with van der Waals surface area (Å²) >= 11 is 0. The van der Waals surface area contributed by atoms with Gasteiger partial charge in [0.05, 0.1) is 23.6 Å². The van der Waals surface area contributed by atoms with Crippen LogP contribution in [-0.2, 0) is 19.7 Å². The predicted octanol–water partition coefficient (Wildman–Crippen LogP) is 0.679. The Morgan fingerprint density at radius 2 is 2.11 bits per heavy atom. The van der Waals surface area contributed by atoms with Crippen molar-refractivity contribution in [3.63, 3.8) is 0 Å². The van der Waals surface area contributed by atoms with Crippen LogP contribution in [-0.4, -0.2) is 67.9 Å². The van der Waals surface area contributed by atoms with E-state index in [0.29, 0.717) is 25.1 Å². The second-order valence-corrected chi connectivity index (χ2v) is 7.56. The number of halogens is 3. The zero-order chi connectivity index (χ0) is 20.4. The number of nitrogens with zero attached hydrogens (tertiary/aromatic N) is 3. The number of alkyl halides is 3. The molecule has 14 heteroatoms. The molecule has 27 heavy (non-hydrogen) atoms. The molecule has 1 unspecified atom stereocenters. The van der Waals surface area contributed by atoms with Gasteiger partial charge < -0.3 is 9.64 Å². The van der Waals surface area contributed by atoms with Crippen LogP contribution in [0.15, 0.2) is 6.20 Å². The predicted molar refractivity (Wildman–Crippen MR) is 85.9 cm³/mol. The number of nitrogens with one attached hydrogen (secondary N) is 2.